The molecule has 188 valence electrons. The van der Waals surface area contributed by atoms with E-state index in [1.807, 2.05) is 23.9 Å². The number of hydrogen-bond donors (Lipinski definition) is 1. The molecule has 1 aromatic heterocycles. The average Bonchev–Trinajstić information content (AvgIpc) is 3.64. The Morgan fingerprint density at radius 3 is 2.71 bits per heavy atom. The second-order valence-corrected chi connectivity index (χ2v) is 14.6. The molecule has 1 aromatic carbocycles. The van der Waals surface area contributed by atoms with Crippen LogP contribution >= 0.6 is 23.1 Å². The summed E-state index contributed by atoms with van der Waals surface area (Å²) in [5.41, 5.74) is 2.76. The zero-order chi connectivity index (χ0) is 24.0. The van der Waals surface area contributed by atoms with Crippen molar-refractivity contribution in [3.8, 4) is 0 Å². The average molecular weight is 533 g/mol. The predicted octanol–water partition coefficient (Wildman–Crippen LogP) is 4.07. The maximum atomic E-state index is 13.1. The Kier molecular flexibility index (Phi) is 6.37. The van der Waals surface area contributed by atoms with Crippen molar-refractivity contribution in [1.82, 2.24) is 4.90 Å². The van der Waals surface area contributed by atoms with E-state index in [0.717, 1.165) is 63.4 Å². The largest absolute Gasteiger partial charge is 0.381 e. The summed E-state index contributed by atoms with van der Waals surface area (Å²) in [4.78, 5) is 7.70. The highest BCUT2D eigenvalue weighted by Crippen LogP contribution is 2.46. The van der Waals surface area contributed by atoms with Crippen LogP contribution in [0.15, 0.2) is 44.9 Å². The van der Waals surface area contributed by atoms with Gasteiger partial charge >= 0.3 is 0 Å². The van der Waals surface area contributed by atoms with Gasteiger partial charge in [0, 0.05) is 37.5 Å². The number of rotatable bonds is 5. The molecule has 0 radical (unpaired) electrons. The molecule has 0 amide bonds. The van der Waals surface area contributed by atoms with E-state index in [0.29, 0.717) is 15.9 Å². The number of thioether (sulfide) groups is 1. The SMILES string of the molecule is CN(c1cccc2c1NC(C1=NCC3(CCN(C4CCOCC4)CC3)S1)C2)S(=O)(=O)c1cccs1. The van der Waals surface area contributed by atoms with Gasteiger partial charge in [0.25, 0.3) is 10.0 Å². The Morgan fingerprint density at radius 1 is 1.17 bits per heavy atom. The van der Waals surface area contributed by atoms with Gasteiger partial charge < -0.3 is 15.0 Å². The van der Waals surface area contributed by atoms with E-state index in [4.69, 9.17) is 9.73 Å². The summed E-state index contributed by atoms with van der Waals surface area (Å²) in [5, 5.41) is 6.62. The number of ether oxygens (including phenoxy) is 1. The van der Waals surface area contributed by atoms with Gasteiger partial charge in [-0.25, -0.2) is 8.42 Å². The van der Waals surface area contributed by atoms with Crippen molar-refractivity contribution >= 4 is 49.5 Å². The second-order valence-electron chi connectivity index (χ2n) is 9.94. The van der Waals surface area contributed by atoms with Gasteiger partial charge in [-0.1, -0.05) is 18.2 Å². The normalized spacial score (nSPS) is 24.8. The first-order chi connectivity index (χ1) is 17.0. The molecular formula is C25H32N4O3S3. The molecule has 2 aromatic rings. The Labute approximate surface area is 216 Å². The summed E-state index contributed by atoms with van der Waals surface area (Å²) in [5.74, 6) is 0. The highest BCUT2D eigenvalue weighted by molar-refractivity contribution is 8.15. The number of nitrogens with one attached hydrogen (secondary N) is 1. The van der Waals surface area contributed by atoms with Crippen molar-refractivity contribution in [1.29, 1.82) is 0 Å². The minimum Gasteiger partial charge on any atom is -0.381 e. The molecular weight excluding hydrogens is 501 g/mol. The smallest absolute Gasteiger partial charge is 0.273 e. The third-order valence-corrected chi connectivity index (χ3v) is 12.6. The van der Waals surface area contributed by atoms with E-state index in [2.05, 4.69) is 16.3 Å². The van der Waals surface area contributed by atoms with Gasteiger partial charge in [0.2, 0.25) is 0 Å². The Morgan fingerprint density at radius 2 is 1.97 bits per heavy atom. The molecule has 7 nitrogen and oxygen atoms in total. The lowest BCUT2D eigenvalue weighted by molar-refractivity contribution is 0.0242. The van der Waals surface area contributed by atoms with Gasteiger partial charge in [0.1, 0.15) is 4.21 Å². The molecule has 4 aliphatic rings. The molecule has 0 aliphatic carbocycles. The molecule has 1 atom stereocenters. The van der Waals surface area contributed by atoms with Crippen LogP contribution in [0.1, 0.15) is 31.2 Å². The fraction of sp³-hybridized carbons (Fsp3) is 0.560. The summed E-state index contributed by atoms with van der Waals surface area (Å²) in [6.45, 7) is 4.98. The van der Waals surface area contributed by atoms with Crippen LogP contribution in [-0.4, -0.2) is 75.1 Å². The van der Waals surface area contributed by atoms with Gasteiger partial charge in [-0.2, -0.15) is 0 Å². The van der Waals surface area contributed by atoms with Crippen LogP contribution in [0.4, 0.5) is 11.4 Å². The number of fused-ring (bicyclic) bond motifs is 1. The van der Waals surface area contributed by atoms with Crippen LogP contribution in [0.2, 0.25) is 0 Å². The van der Waals surface area contributed by atoms with E-state index in [1.165, 1.54) is 33.5 Å². The third-order valence-electron chi connectivity index (χ3n) is 7.88. The minimum atomic E-state index is -3.58. The molecule has 0 saturated carbocycles. The minimum absolute atomic E-state index is 0.113. The first-order valence-corrected chi connectivity index (χ1v) is 15.5. The van der Waals surface area contributed by atoms with Crippen LogP contribution in [0.3, 0.4) is 0 Å². The molecule has 2 fully saturated rings. The summed E-state index contributed by atoms with van der Waals surface area (Å²) in [6.07, 6.45) is 5.51. The van der Waals surface area contributed by atoms with Crippen molar-refractivity contribution in [3.05, 3.63) is 41.3 Å². The Bertz CT molecular complexity index is 1200. The van der Waals surface area contributed by atoms with Crippen molar-refractivity contribution in [2.75, 3.05) is 49.5 Å². The third kappa shape index (κ3) is 4.41. The summed E-state index contributed by atoms with van der Waals surface area (Å²) in [6, 6.07) is 10.2. The molecule has 1 N–H and O–H groups in total. The zero-order valence-electron chi connectivity index (χ0n) is 20.0. The molecule has 6 rings (SSSR count). The van der Waals surface area contributed by atoms with Gasteiger partial charge in [0.15, 0.2) is 0 Å². The van der Waals surface area contributed by atoms with Crippen molar-refractivity contribution in [3.63, 3.8) is 0 Å². The Hall–Kier alpha value is -1.59. The van der Waals surface area contributed by atoms with E-state index in [1.54, 1.807) is 24.6 Å². The number of piperidine rings is 1. The summed E-state index contributed by atoms with van der Waals surface area (Å²) in [7, 11) is -1.94. The number of aliphatic imine (C=N–C) groups is 1. The summed E-state index contributed by atoms with van der Waals surface area (Å²) >= 11 is 3.22. The van der Waals surface area contributed by atoms with Gasteiger partial charge in [-0.05, 0) is 61.8 Å². The molecule has 35 heavy (non-hydrogen) atoms. The standard InChI is InChI=1S/C25H32N4O3S3/c1-28(35(30,31)22-6-3-15-33-22)21-5-2-4-18-16-20(27-23(18)21)24-26-17-25(34-24)9-11-29(12-10-25)19-7-13-32-14-8-19/h2-6,15,19-20,27H,7-14,16-17H2,1H3. The lowest BCUT2D eigenvalue weighted by Gasteiger charge is -2.43. The lowest BCUT2D eigenvalue weighted by Crippen LogP contribution is -2.49. The lowest BCUT2D eigenvalue weighted by atomic mass is 9.93. The van der Waals surface area contributed by atoms with Crippen LogP contribution in [0.5, 0.6) is 0 Å². The first-order valence-electron chi connectivity index (χ1n) is 12.4. The number of nitrogens with zero attached hydrogens (tertiary/aromatic N) is 3. The topological polar surface area (TPSA) is 74.2 Å². The van der Waals surface area contributed by atoms with Crippen LogP contribution in [0.25, 0.3) is 0 Å². The van der Waals surface area contributed by atoms with Crippen molar-refractivity contribution in [2.45, 2.75) is 53.1 Å². The zero-order valence-corrected chi connectivity index (χ0v) is 22.4. The first kappa shape index (κ1) is 23.8. The van der Waals surface area contributed by atoms with Gasteiger partial charge in [-0.15, -0.1) is 23.1 Å². The highest BCUT2D eigenvalue weighted by atomic mass is 32.2. The number of likely N-dealkylation sites (tertiary alicyclic amines) is 1. The van der Waals surface area contributed by atoms with Gasteiger partial charge in [-0.3, -0.25) is 9.30 Å². The quantitative estimate of drug-likeness (QED) is 0.626. The fourth-order valence-electron chi connectivity index (χ4n) is 5.75. The monoisotopic (exact) mass is 532 g/mol. The predicted molar refractivity (Wildman–Crippen MR) is 145 cm³/mol. The van der Waals surface area contributed by atoms with E-state index < -0.39 is 10.0 Å². The number of sulfonamides is 1. The van der Waals surface area contributed by atoms with E-state index in [9.17, 15) is 8.42 Å². The van der Waals surface area contributed by atoms with Crippen LogP contribution in [-0.2, 0) is 21.2 Å². The maximum absolute atomic E-state index is 13.1. The number of thiophene rings is 1. The maximum Gasteiger partial charge on any atom is 0.273 e. The van der Waals surface area contributed by atoms with Crippen LogP contribution < -0.4 is 9.62 Å². The van der Waals surface area contributed by atoms with Crippen LogP contribution in [0, 0.1) is 0 Å². The fourth-order valence-corrected chi connectivity index (χ4v) is 9.49. The second kappa shape index (κ2) is 9.37. The Balaban J connectivity index is 1.13. The number of para-hydroxylation sites is 1. The molecule has 1 spiro atoms. The molecule has 0 bridgehead atoms. The molecule has 2 saturated heterocycles. The molecule has 1 unspecified atom stereocenters. The van der Waals surface area contributed by atoms with E-state index >= 15 is 0 Å². The molecule has 10 heteroatoms. The van der Waals surface area contributed by atoms with Crippen molar-refractivity contribution in [2.24, 2.45) is 4.99 Å². The number of hydrogen-bond acceptors (Lipinski definition) is 8. The number of benzene rings is 1. The van der Waals surface area contributed by atoms with Gasteiger partial charge in [0.05, 0.1) is 29.0 Å². The van der Waals surface area contributed by atoms with Crippen molar-refractivity contribution < 1.29 is 13.2 Å². The molecule has 5 heterocycles. The van der Waals surface area contributed by atoms with E-state index in [-0.39, 0.29) is 10.8 Å². The summed E-state index contributed by atoms with van der Waals surface area (Å²) < 4.78 is 33.8. The highest BCUT2D eigenvalue weighted by Gasteiger charge is 2.44. The number of anilines is 2. The molecule has 4 aliphatic heterocycles.